The number of halogens is 3. The molecule has 80 valence electrons. The van der Waals surface area contributed by atoms with Gasteiger partial charge in [-0.3, -0.25) is 0 Å². The first kappa shape index (κ1) is 12.6. The van der Waals surface area contributed by atoms with Crippen LogP contribution in [-0.2, 0) is 4.74 Å². The topological polar surface area (TPSA) is 9.23 Å². The summed E-state index contributed by atoms with van der Waals surface area (Å²) in [5.74, 6) is 0. The third-order valence-electron chi connectivity index (χ3n) is 2.42. The predicted octanol–water partition coefficient (Wildman–Crippen LogP) is 4.19. The van der Waals surface area contributed by atoms with Crippen molar-refractivity contribution in [3.8, 4) is 0 Å². The van der Waals surface area contributed by atoms with Crippen LogP contribution < -0.4 is 0 Å². The van der Waals surface area contributed by atoms with Crippen LogP contribution in [0.25, 0.3) is 0 Å². The molecule has 1 rings (SSSR count). The Morgan fingerprint density at radius 2 is 2.36 bits per heavy atom. The van der Waals surface area contributed by atoms with Gasteiger partial charge in [0, 0.05) is 22.3 Å². The van der Waals surface area contributed by atoms with Gasteiger partial charge in [-0.05, 0) is 25.0 Å². The fourth-order valence-corrected chi connectivity index (χ4v) is 2.38. The standard InChI is InChI=1S/C10H13BrCl2O/c1-6(5-12)9-3-8(13)7(2)10(4-11)14-9/h5,9-10H,3-4H2,1-2H3. The highest BCUT2D eigenvalue weighted by atomic mass is 79.9. The van der Waals surface area contributed by atoms with Crippen molar-refractivity contribution in [2.75, 3.05) is 5.33 Å². The molecule has 1 aliphatic rings. The lowest BCUT2D eigenvalue weighted by Gasteiger charge is -2.30. The lowest BCUT2D eigenvalue weighted by atomic mass is 10.0. The average molecular weight is 300 g/mol. The van der Waals surface area contributed by atoms with E-state index in [1.54, 1.807) is 5.54 Å². The molecule has 0 fully saturated rings. The van der Waals surface area contributed by atoms with Crippen LogP contribution in [0.5, 0.6) is 0 Å². The van der Waals surface area contributed by atoms with Crippen LogP contribution in [0.4, 0.5) is 0 Å². The van der Waals surface area contributed by atoms with Gasteiger partial charge in [-0.15, -0.1) is 0 Å². The molecular formula is C10H13BrCl2O. The van der Waals surface area contributed by atoms with Crippen LogP contribution in [0.2, 0.25) is 0 Å². The molecule has 0 N–H and O–H groups in total. The van der Waals surface area contributed by atoms with E-state index >= 15 is 0 Å². The highest BCUT2D eigenvalue weighted by Gasteiger charge is 2.26. The van der Waals surface area contributed by atoms with Gasteiger partial charge in [-0.1, -0.05) is 39.1 Å². The number of rotatable bonds is 2. The van der Waals surface area contributed by atoms with Crippen molar-refractivity contribution in [1.29, 1.82) is 0 Å². The first-order chi connectivity index (χ1) is 6.60. The third-order valence-corrected chi connectivity index (χ3v) is 3.81. The van der Waals surface area contributed by atoms with Crippen LogP contribution in [-0.4, -0.2) is 17.5 Å². The molecule has 2 atom stereocenters. The second kappa shape index (κ2) is 5.55. The zero-order valence-corrected chi connectivity index (χ0v) is 11.3. The Morgan fingerprint density at radius 1 is 1.71 bits per heavy atom. The summed E-state index contributed by atoms with van der Waals surface area (Å²) in [4.78, 5) is 0. The fourth-order valence-electron chi connectivity index (χ4n) is 1.34. The molecule has 0 amide bonds. The van der Waals surface area contributed by atoms with Crippen LogP contribution in [0.15, 0.2) is 21.7 Å². The van der Waals surface area contributed by atoms with Crippen molar-refractivity contribution in [3.63, 3.8) is 0 Å². The summed E-state index contributed by atoms with van der Waals surface area (Å²) < 4.78 is 5.83. The van der Waals surface area contributed by atoms with Crippen molar-refractivity contribution >= 4 is 39.1 Å². The Hall–Kier alpha value is 0.500. The molecule has 0 aromatic carbocycles. The van der Waals surface area contributed by atoms with Crippen LogP contribution in [0.3, 0.4) is 0 Å². The Balaban J connectivity index is 2.83. The van der Waals surface area contributed by atoms with Gasteiger partial charge >= 0.3 is 0 Å². The lowest BCUT2D eigenvalue weighted by Crippen LogP contribution is -2.30. The van der Waals surface area contributed by atoms with E-state index in [1.807, 2.05) is 13.8 Å². The molecule has 1 nitrogen and oxygen atoms in total. The van der Waals surface area contributed by atoms with Crippen molar-refractivity contribution in [1.82, 2.24) is 0 Å². The van der Waals surface area contributed by atoms with Gasteiger partial charge in [0.05, 0.1) is 12.2 Å². The zero-order chi connectivity index (χ0) is 10.7. The summed E-state index contributed by atoms with van der Waals surface area (Å²) >= 11 is 15.2. The van der Waals surface area contributed by atoms with E-state index < -0.39 is 0 Å². The maximum absolute atomic E-state index is 6.14. The van der Waals surface area contributed by atoms with E-state index in [4.69, 9.17) is 27.9 Å². The number of hydrogen-bond acceptors (Lipinski definition) is 1. The quantitative estimate of drug-likeness (QED) is 0.695. The summed E-state index contributed by atoms with van der Waals surface area (Å²) in [6.07, 6.45) is 0.811. The maximum atomic E-state index is 6.14. The molecule has 0 spiro atoms. The first-order valence-corrected chi connectivity index (χ1v) is 6.37. The van der Waals surface area contributed by atoms with Crippen LogP contribution >= 0.6 is 39.1 Å². The van der Waals surface area contributed by atoms with Gasteiger partial charge in [0.2, 0.25) is 0 Å². The van der Waals surface area contributed by atoms with E-state index in [-0.39, 0.29) is 12.2 Å². The van der Waals surface area contributed by atoms with E-state index in [0.717, 1.165) is 27.9 Å². The lowest BCUT2D eigenvalue weighted by molar-refractivity contribution is 0.0323. The molecule has 1 heterocycles. The zero-order valence-electron chi connectivity index (χ0n) is 8.19. The molecule has 0 aliphatic carbocycles. The Labute approximate surface area is 103 Å². The van der Waals surface area contributed by atoms with E-state index in [2.05, 4.69) is 15.9 Å². The number of ether oxygens (including phenoxy) is 1. The second-order valence-electron chi connectivity index (χ2n) is 3.41. The normalized spacial score (nSPS) is 29.6. The molecular weight excluding hydrogens is 287 g/mol. The molecule has 2 unspecified atom stereocenters. The Morgan fingerprint density at radius 3 is 2.86 bits per heavy atom. The highest BCUT2D eigenvalue weighted by Crippen LogP contribution is 2.32. The van der Waals surface area contributed by atoms with Gasteiger partial charge < -0.3 is 4.74 Å². The van der Waals surface area contributed by atoms with Gasteiger partial charge in [-0.2, -0.15) is 0 Å². The van der Waals surface area contributed by atoms with E-state index in [9.17, 15) is 0 Å². The molecule has 0 bridgehead atoms. The molecule has 0 aromatic heterocycles. The van der Waals surface area contributed by atoms with Crippen molar-refractivity contribution < 1.29 is 4.74 Å². The van der Waals surface area contributed by atoms with Gasteiger partial charge in [0.1, 0.15) is 0 Å². The number of alkyl halides is 1. The molecule has 4 heteroatoms. The smallest absolute Gasteiger partial charge is 0.0901 e. The van der Waals surface area contributed by atoms with E-state index in [0.29, 0.717) is 0 Å². The fraction of sp³-hybridized carbons (Fsp3) is 0.600. The summed E-state index contributed by atoms with van der Waals surface area (Å²) in [5.41, 5.74) is 3.69. The minimum absolute atomic E-state index is 0.0197. The van der Waals surface area contributed by atoms with Gasteiger partial charge in [-0.25, -0.2) is 0 Å². The summed E-state index contributed by atoms with van der Waals surface area (Å²) in [5, 5.41) is 1.66. The maximum Gasteiger partial charge on any atom is 0.0901 e. The molecule has 0 radical (unpaired) electrons. The summed E-state index contributed by atoms with van der Waals surface area (Å²) in [6.45, 7) is 3.96. The summed E-state index contributed by atoms with van der Waals surface area (Å²) in [6, 6.07) is 0. The minimum Gasteiger partial charge on any atom is -0.365 e. The first-order valence-electron chi connectivity index (χ1n) is 4.43. The Kier molecular flexibility index (Phi) is 4.98. The van der Waals surface area contributed by atoms with Crippen molar-refractivity contribution in [2.24, 2.45) is 0 Å². The van der Waals surface area contributed by atoms with Gasteiger partial charge in [0.25, 0.3) is 0 Å². The molecule has 0 aromatic rings. The third kappa shape index (κ3) is 2.75. The summed E-state index contributed by atoms with van der Waals surface area (Å²) in [7, 11) is 0. The molecule has 0 saturated heterocycles. The minimum atomic E-state index is 0.0197. The molecule has 0 saturated carbocycles. The van der Waals surface area contributed by atoms with Gasteiger partial charge in [0.15, 0.2) is 0 Å². The number of hydrogen-bond donors (Lipinski definition) is 0. The highest BCUT2D eigenvalue weighted by molar-refractivity contribution is 9.09. The second-order valence-corrected chi connectivity index (χ2v) is 4.73. The van der Waals surface area contributed by atoms with Crippen molar-refractivity contribution in [3.05, 3.63) is 21.7 Å². The van der Waals surface area contributed by atoms with Crippen molar-refractivity contribution in [2.45, 2.75) is 32.5 Å². The SMILES string of the molecule is CC(=CCl)C1CC(Cl)=C(C)C(CBr)O1. The molecule has 14 heavy (non-hydrogen) atoms. The average Bonchev–Trinajstić information content (AvgIpc) is 2.20. The van der Waals surface area contributed by atoms with Crippen LogP contribution in [0, 0.1) is 0 Å². The predicted molar refractivity (Wildman–Crippen MR) is 65.2 cm³/mol. The molecule has 1 aliphatic heterocycles. The largest absolute Gasteiger partial charge is 0.365 e. The Bertz CT molecular complexity index is 273. The van der Waals surface area contributed by atoms with E-state index in [1.165, 1.54) is 0 Å². The monoisotopic (exact) mass is 298 g/mol. The van der Waals surface area contributed by atoms with Crippen LogP contribution in [0.1, 0.15) is 20.3 Å².